The first kappa shape index (κ1) is 18.0. The number of piperidine rings is 1. The number of nitrogens with zero attached hydrogens (tertiary/aromatic N) is 1. The van der Waals surface area contributed by atoms with Gasteiger partial charge in [-0.05, 0) is 62.3 Å². The van der Waals surface area contributed by atoms with Crippen molar-refractivity contribution in [2.24, 2.45) is 0 Å². The van der Waals surface area contributed by atoms with Gasteiger partial charge < -0.3 is 10.1 Å². The number of rotatable bonds is 6. The molecule has 0 aliphatic carbocycles. The molecule has 0 saturated carbocycles. The van der Waals surface area contributed by atoms with Crippen LogP contribution in [0.1, 0.15) is 35.2 Å². The molecule has 1 aliphatic heterocycles. The minimum Gasteiger partial charge on any atom is -0.492 e. The predicted molar refractivity (Wildman–Crippen MR) is 105 cm³/mol. The number of carbonyl (C=O) groups excluding carboxylic acids is 1. The van der Waals surface area contributed by atoms with Crippen molar-refractivity contribution in [3.63, 3.8) is 0 Å². The fourth-order valence-corrected chi connectivity index (χ4v) is 3.09. The summed E-state index contributed by atoms with van der Waals surface area (Å²) >= 11 is 0. The lowest BCUT2D eigenvalue weighted by Gasteiger charge is -2.26. The van der Waals surface area contributed by atoms with Gasteiger partial charge in [0.25, 0.3) is 5.91 Å². The van der Waals surface area contributed by atoms with Gasteiger partial charge in [0.05, 0.1) is 5.69 Å². The topological polar surface area (TPSA) is 41.6 Å². The number of hydrogen-bond acceptors (Lipinski definition) is 3. The maximum absolute atomic E-state index is 12.4. The van der Waals surface area contributed by atoms with E-state index < -0.39 is 0 Å². The molecule has 1 amide bonds. The smallest absolute Gasteiger partial charge is 0.255 e. The van der Waals surface area contributed by atoms with Crippen LogP contribution in [-0.2, 0) is 0 Å². The van der Waals surface area contributed by atoms with Gasteiger partial charge in [-0.3, -0.25) is 9.69 Å². The van der Waals surface area contributed by atoms with Gasteiger partial charge in [-0.25, -0.2) is 0 Å². The maximum atomic E-state index is 12.4. The number of nitrogens with one attached hydrogen (secondary N) is 1. The molecular weight excluding hydrogens is 324 g/mol. The Hall–Kier alpha value is -2.77. The molecule has 134 valence electrons. The third kappa shape index (κ3) is 4.87. The number of terminal acetylenes is 1. The van der Waals surface area contributed by atoms with Gasteiger partial charge in [0.1, 0.15) is 12.4 Å². The first-order chi connectivity index (χ1) is 12.8. The molecule has 26 heavy (non-hydrogen) atoms. The number of likely N-dealkylation sites (tertiary alicyclic amines) is 1. The molecule has 4 nitrogen and oxygen atoms in total. The summed E-state index contributed by atoms with van der Waals surface area (Å²) in [7, 11) is 0. The van der Waals surface area contributed by atoms with E-state index in [0.29, 0.717) is 23.4 Å². The van der Waals surface area contributed by atoms with E-state index in [4.69, 9.17) is 11.2 Å². The third-order valence-corrected chi connectivity index (χ3v) is 4.57. The molecule has 0 aromatic heterocycles. The molecule has 0 bridgehead atoms. The number of amides is 1. The van der Waals surface area contributed by atoms with Crippen molar-refractivity contribution in [3.8, 4) is 18.1 Å². The van der Waals surface area contributed by atoms with Crippen LogP contribution >= 0.6 is 0 Å². The Labute approximate surface area is 155 Å². The molecular formula is C22H24N2O2. The van der Waals surface area contributed by atoms with Crippen LogP contribution in [0, 0.1) is 12.3 Å². The van der Waals surface area contributed by atoms with Crippen LogP contribution in [0.2, 0.25) is 0 Å². The minimum absolute atomic E-state index is 0.187. The average Bonchev–Trinajstić information content (AvgIpc) is 2.70. The highest BCUT2D eigenvalue weighted by Gasteiger charge is 2.10. The zero-order valence-corrected chi connectivity index (χ0v) is 14.9. The lowest BCUT2D eigenvalue weighted by atomic mass is 10.1. The van der Waals surface area contributed by atoms with Crippen molar-refractivity contribution in [1.82, 2.24) is 4.90 Å². The molecule has 3 rings (SSSR count). The van der Waals surface area contributed by atoms with E-state index in [1.54, 1.807) is 24.3 Å². The molecule has 2 aromatic rings. The largest absolute Gasteiger partial charge is 0.492 e. The third-order valence-electron chi connectivity index (χ3n) is 4.57. The lowest BCUT2D eigenvalue weighted by Crippen LogP contribution is -2.33. The second kappa shape index (κ2) is 9.07. The van der Waals surface area contributed by atoms with E-state index in [1.807, 2.05) is 24.3 Å². The van der Waals surface area contributed by atoms with Gasteiger partial charge in [0, 0.05) is 17.7 Å². The quantitative estimate of drug-likeness (QED) is 0.808. The first-order valence-electron chi connectivity index (χ1n) is 9.08. The summed E-state index contributed by atoms with van der Waals surface area (Å²) in [5, 5.41) is 2.85. The molecule has 1 fully saturated rings. The molecule has 1 heterocycles. The second-order valence-corrected chi connectivity index (χ2v) is 6.42. The van der Waals surface area contributed by atoms with Crippen molar-refractivity contribution in [3.05, 3.63) is 59.7 Å². The molecule has 0 spiro atoms. The zero-order chi connectivity index (χ0) is 18.2. The Bertz CT molecular complexity index is 771. The van der Waals surface area contributed by atoms with E-state index in [2.05, 4.69) is 16.1 Å². The predicted octanol–water partition coefficient (Wildman–Crippen LogP) is 3.78. The van der Waals surface area contributed by atoms with Crippen LogP contribution in [-0.4, -0.2) is 37.0 Å². The number of anilines is 1. The normalized spacial score (nSPS) is 14.4. The molecule has 1 N–H and O–H groups in total. The first-order valence-corrected chi connectivity index (χ1v) is 9.08. The van der Waals surface area contributed by atoms with Crippen molar-refractivity contribution >= 4 is 11.6 Å². The minimum atomic E-state index is -0.187. The lowest BCUT2D eigenvalue weighted by molar-refractivity contribution is 0.102. The fourth-order valence-electron chi connectivity index (χ4n) is 3.09. The van der Waals surface area contributed by atoms with Crippen molar-refractivity contribution in [2.75, 3.05) is 31.6 Å². The van der Waals surface area contributed by atoms with Gasteiger partial charge >= 0.3 is 0 Å². The van der Waals surface area contributed by atoms with E-state index in [0.717, 1.165) is 12.3 Å². The Balaban J connectivity index is 1.52. The average molecular weight is 348 g/mol. The Morgan fingerprint density at radius 1 is 1.08 bits per heavy atom. The van der Waals surface area contributed by atoms with E-state index in [9.17, 15) is 4.79 Å². The van der Waals surface area contributed by atoms with Gasteiger partial charge in [-0.1, -0.05) is 24.5 Å². The summed E-state index contributed by atoms with van der Waals surface area (Å²) in [5.41, 5.74) is 1.88. The molecule has 2 aromatic carbocycles. The second-order valence-electron chi connectivity index (χ2n) is 6.42. The van der Waals surface area contributed by atoms with Gasteiger partial charge in [-0.2, -0.15) is 0 Å². The molecule has 1 saturated heterocycles. The number of ether oxygens (including phenoxy) is 1. The Morgan fingerprint density at radius 3 is 2.54 bits per heavy atom. The standard InChI is InChI=1S/C22H24N2O2/c1-2-18-8-4-5-9-21(18)23-22(25)19-10-12-20(13-11-19)26-17-16-24-14-6-3-7-15-24/h1,4-5,8-13H,3,6-7,14-17H2,(H,23,25). The molecule has 0 unspecified atom stereocenters. The van der Waals surface area contributed by atoms with Gasteiger partial charge in [0.15, 0.2) is 0 Å². The SMILES string of the molecule is C#Cc1ccccc1NC(=O)c1ccc(OCCN2CCCCC2)cc1. The summed E-state index contributed by atoms with van der Waals surface area (Å²) in [4.78, 5) is 14.8. The number of para-hydroxylation sites is 1. The maximum Gasteiger partial charge on any atom is 0.255 e. The highest BCUT2D eigenvalue weighted by Crippen LogP contribution is 2.17. The molecule has 1 aliphatic rings. The van der Waals surface area contributed by atoms with Gasteiger partial charge in [-0.15, -0.1) is 6.42 Å². The monoisotopic (exact) mass is 348 g/mol. The van der Waals surface area contributed by atoms with Crippen LogP contribution < -0.4 is 10.1 Å². The Kier molecular flexibility index (Phi) is 6.29. The van der Waals surface area contributed by atoms with Crippen LogP contribution in [0.15, 0.2) is 48.5 Å². The fraction of sp³-hybridized carbons (Fsp3) is 0.318. The number of benzene rings is 2. The summed E-state index contributed by atoms with van der Waals surface area (Å²) in [6.45, 7) is 3.95. The van der Waals surface area contributed by atoms with Crippen molar-refractivity contribution < 1.29 is 9.53 Å². The van der Waals surface area contributed by atoms with Crippen LogP contribution in [0.3, 0.4) is 0 Å². The summed E-state index contributed by atoms with van der Waals surface area (Å²) < 4.78 is 5.80. The molecule has 4 heteroatoms. The zero-order valence-electron chi connectivity index (χ0n) is 14.9. The van der Waals surface area contributed by atoms with Crippen molar-refractivity contribution in [2.45, 2.75) is 19.3 Å². The van der Waals surface area contributed by atoms with E-state index in [1.165, 1.54) is 32.4 Å². The van der Waals surface area contributed by atoms with E-state index >= 15 is 0 Å². The Morgan fingerprint density at radius 2 is 1.81 bits per heavy atom. The summed E-state index contributed by atoms with van der Waals surface area (Å²) in [6.07, 6.45) is 9.37. The van der Waals surface area contributed by atoms with E-state index in [-0.39, 0.29) is 5.91 Å². The van der Waals surface area contributed by atoms with Crippen molar-refractivity contribution in [1.29, 1.82) is 0 Å². The molecule has 0 atom stereocenters. The number of carbonyl (C=O) groups is 1. The van der Waals surface area contributed by atoms with Gasteiger partial charge in [0.2, 0.25) is 0 Å². The van der Waals surface area contributed by atoms with Crippen LogP contribution in [0.25, 0.3) is 0 Å². The highest BCUT2D eigenvalue weighted by atomic mass is 16.5. The molecule has 0 radical (unpaired) electrons. The summed E-state index contributed by atoms with van der Waals surface area (Å²) in [6, 6.07) is 14.5. The van der Waals surface area contributed by atoms with Crippen LogP contribution in [0.5, 0.6) is 5.75 Å². The number of hydrogen-bond donors (Lipinski definition) is 1. The highest BCUT2D eigenvalue weighted by molar-refractivity contribution is 6.05. The van der Waals surface area contributed by atoms with Crippen LogP contribution in [0.4, 0.5) is 5.69 Å². The summed E-state index contributed by atoms with van der Waals surface area (Å²) in [5.74, 6) is 3.17.